The Morgan fingerprint density at radius 1 is 1.19 bits per heavy atom. The van der Waals surface area contributed by atoms with E-state index in [1.807, 2.05) is 4.90 Å². The SMILES string of the molecule is Cc1[nH]c(=O)[nH]c(=O)c1CCC(=O)N1C[C@H](C)C[C@@H](C)C1. The molecule has 1 fully saturated rings. The molecule has 0 radical (unpaired) electrons. The molecule has 0 spiro atoms. The molecule has 0 aliphatic carbocycles. The number of piperidine rings is 1. The van der Waals surface area contributed by atoms with Crippen molar-refractivity contribution in [1.82, 2.24) is 14.9 Å². The number of hydrogen-bond donors (Lipinski definition) is 2. The van der Waals surface area contributed by atoms with E-state index in [0.717, 1.165) is 19.5 Å². The van der Waals surface area contributed by atoms with Gasteiger partial charge in [-0.3, -0.25) is 14.6 Å². The Bertz CT molecular complexity index is 622. The topological polar surface area (TPSA) is 86.0 Å². The van der Waals surface area contributed by atoms with Crippen molar-refractivity contribution < 1.29 is 4.79 Å². The number of rotatable bonds is 3. The minimum atomic E-state index is -0.508. The minimum Gasteiger partial charge on any atom is -0.342 e. The zero-order chi connectivity index (χ0) is 15.6. The van der Waals surface area contributed by atoms with Crippen molar-refractivity contribution in [2.75, 3.05) is 13.1 Å². The molecule has 21 heavy (non-hydrogen) atoms. The molecule has 0 bridgehead atoms. The van der Waals surface area contributed by atoms with Gasteiger partial charge in [-0.15, -0.1) is 0 Å². The molecule has 6 nitrogen and oxygen atoms in total. The van der Waals surface area contributed by atoms with Crippen LogP contribution >= 0.6 is 0 Å². The van der Waals surface area contributed by atoms with Crippen LogP contribution < -0.4 is 11.2 Å². The number of carbonyl (C=O) groups is 1. The first-order valence-electron chi connectivity index (χ1n) is 7.46. The first kappa shape index (κ1) is 15.5. The molecule has 0 aromatic carbocycles. The van der Waals surface area contributed by atoms with Gasteiger partial charge < -0.3 is 9.88 Å². The van der Waals surface area contributed by atoms with Crippen LogP contribution in [0.5, 0.6) is 0 Å². The van der Waals surface area contributed by atoms with Crippen molar-refractivity contribution in [3.8, 4) is 0 Å². The number of likely N-dealkylation sites (tertiary alicyclic amines) is 1. The van der Waals surface area contributed by atoms with Gasteiger partial charge in [-0.05, 0) is 31.6 Å². The van der Waals surface area contributed by atoms with Crippen molar-refractivity contribution in [3.05, 3.63) is 32.1 Å². The summed E-state index contributed by atoms with van der Waals surface area (Å²) in [4.78, 5) is 41.8. The van der Waals surface area contributed by atoms with E-state index in [1.54, 1.807) is 6.92 Å². The summed E-state index contributed by atoms with van der Waals surface area (Å²) >= 11 is 0. The van der Waals surface area contributed by atoms with Crippen molar-refractivity contribution in [1.29, 1.82) is 0 Å². The second kappa shape index (κ2) is 6.28. The van der Waals surface area contributed by atoms with E-state index in [4.69, 9.17) is 0 Å². The van der Waals surface area contributed by atoms with Crippen molar-refractivity contribution >= 4 is 5.91 Å². The summed E-state index contributed by atoms with van der Waals surface area (Å²) < 4.78 is 0. The van der Waals surface area contributed by atoms with Gasteiger partial charge in [0.25, 0.3) is 5.56 Å². The highest BCUT2D eigenvalue weighted by Crippen LogP contribution is 2.21. The summed E-state index contributed by atoms with van der Waals surface area (Å²) in [6, 6.07) is 0. The van der Waals surface area contributed by atoms with Crippen LogP contribution in [-0.4, -0.2) is 33.9 Å². The first-order valence-corrected chi connectivity index (χ1v) is 7.46. The van der Waals surface area contributed by atoms with Crippen LogP contribution in [0.3, 0.4) is 0 Å². The van der Waals surface area contributed by atoms with Crippen molar-refractivity contribution in [2.45, 2.75) is 40.0 Å². The van der Waals surface area contributed by atoms with E-state index in [2.05, 4.69) is 23.8 Å². The van der Waals surface area contributed by atoms with Gasteiger partial charge in [0, 0.05) is 30.8 Å². The molecule has 2 atom stereocenters. The number of aromatic amines is 2. The fourth-order valence-corrected chi connectivity index (χ4v) is 3.18. The molecular formula is C15H23N3O3. The van der Waals surface area contributed by atoms with Crippen molar-refractivity contribution in [3.63, 3.8) is 0 Å². The zero-order valence-corrected chi connectivity index (χ0v) is 12.9. The smallest absolute Gasteiger partial charge is 0.325 e. The second-order valence-electron chi connectivity index (χ2n) is 6.26. The molecule has 2 heterocycles. The van der Waals surface area contributed by atoms with Crippen LogP contribution in [-0.2, 0) is 11.2 Å². The Labute approximate surface area is 123 Å². The highest BCUT2D eigenvalue weighted by Gasteiger charge is 2.25. The fraction of sp³-hybridized carbons (Fsp3) is 0.667. The summed E-state index contributed by atoms with van der Waals surface area (Å²) in [5.41, 5.74) is 0.119. The van der Waals surface area contributed by atoms with Crippen LogP contribution in [0.25, 0.3) is 0 Å². The molecule has 2 rings (SSSR count). The molecule has 1 amide bonds. The largest absolute Gasteiger partial charge is 0.342 e. The predicted molar refractivity (Wildman–Crippen MR) is 80.3 cm³/mol. The number of H-pyrrole nitrogens is 2. The fourth-order valence-electron chi connectivity index (χ4n) is 3.18. The summed E-state index contributed by atoms with van der Waals surface area (Å²) in [6.07, 6.45) is 1.81. The number of aromatic nitrogens is 2. The Morgan fingerprint density at radius 3 is 2.38 bits per heavy atom. The summed E-state index contributed by atoms with van der Waals surface area (Å²) in [5, 5.41) is 0. The van der Waals surface area contributed by atoms with Gasteiger partial charge in [-0.2, -0.15) is 0 Å². The minimum absolute atomic E-state index is 0.0819. The molecule has 1 aliphatic heterocycles. The number of carbonyl (C=O) groups excluding carboxylic acids is 1. The lowest BCUT2D eigenvalue weighted by Crippen LogP contribution is -2.42. The average molecular weight is 293 g/mol. The number of amides is 1. The molecular weight excluding hydrogens is 270 g/mol. The summed E-state index contributed by atoms with van der Waals surface area (Å²) in [5.74, 6) is 1.13. The normalized spacial score (nSPS) is 22.3. The number of nitrogens with zero attached hydrogens (tertiary/aromatic N) is 1. The van der Waals surface area contributed by atoms with Crippen LogP contribution in [0.15, 0.2) is 9.59 Å². The first-order chi connectivity index (χ1) is 9.86. The Morgan fingerprint density at radius 2 is 1.81 bits per heavy atom. The van der Waals surface area contributed by atoms with Gasteiger partial charge in [-0.25, -0.2) is 4.79 Å². The molecule has 1 saturated heterocycles. The Balaban J connectivity index is 2.01. The Hall–Kier alpha value is -1.85. The second-order valence-corrected chi connectivity index (χ2v) is 6.26. The third kappa shape index (κ3) is 3.83. The van der Waals surface area contributed by atoms with E-state index in [0.29, 0.717) is 35.9 Å². The van der Waals surface area contributed by atoms with E-state index >= 15 is 0 Å². The van der Waals surface area contributed by atoms with Gasteiger partial charge in [0.1, 0.15) is 0 Å². The lowest BCUT2D eigenvalue weighted by atomic mass is 9.91. The van der Waals surface area contributed by atoms with Gasteiger partial charge in [-0.1, -0.05) is 13.8 Å². The van der Waals surface area contributed by atoms with E-state index in [-0.39, 0.29) is 5.91 Å². The van der Waals surface area contributed by atoms with Crippen LogP contribution in [0.1, 0.15) is 37.9 Å². The molecule has 1 aliphatic rings. The molecule has 6 heteroatoms. The maximum absolute atomic E-state index is 12.3. The lowest BCUT2D eigenvalue weighted by Gasteiger charge is -2.35. The van der Waals surface area contributed by atoms with Gasteiger partial charge in [0.05, 0.1) is 0 Å². The summed E-state index contributed by atoms with van der Waals surface area (Å²) in [6.45, 7) is 7.59. The third-order valence-electron chi connectivity index (χ3n) is 4.07. The van der Waals surface area contributed by atoms with Crippen LogP contribution in [0, 0.1) is 18.8 Å². The maximum atomic E-state index is 12.3. The summed E-state index contributed by atoms with van der Waals surface area (Å²) in [7, 11) is 0. The predicted octanol–water partition coefficient (Wildman–Crippen LogP) is 0.809. The monoisotopic (exact) mass is 293 g/mol. The molecule has 2 N–H and O–H groups in total. The van der Waals surface area contributed by atoms with Crippen molar-refractivity contribution in [2.24, 2.45) is 11.8 Å². The molecule has 1 aromatic heterocycles. The molecule has 1 aromatic rings. The van der Waals surface area contributed by atoms with E-state index in [1.165, 1.54) is 0 Å². The number of hydrogen-bond acceptors (Lipinski definition) is 3. The molecule has 0 unspecified atom stereocenters. The number of nitrogens with one attached hydrogen (secondary N) is 2. The van der Waals surface area contributed by atoms with Gasteiger partial charge in [0.15, 0.2) is 0 Å². The molecule has 116 valence electrons. The standard InChI is InChI=1S/C15H23N3O3/c1-9-6-10(2)8-18(7-9)13(19)5-4-12-11(3)16-15(21)17-14(12)20/h9-10H,4-8H2,1-3H3,(H2,16,17,20,21)/t9-,10-/m1/s1. The highest BCUT2D eigenvalue weighted by atomic mass is 16.2. The number of aryl methyl sites for hydroxylation is 1. The average Bonchev–Trinajstić information content (AvgIpc) is 2.35. The lowest BCUT2D eigenvalue weighted by molar-refractivity contribution is -0.133. The van der Waals surface area contributed by atoms with Gasteiger partial charge in [0.2, 0.25) is 5.91 Å². The quantitative estimate of drug-likeness (QED) is 0.864. The van der Waals surface area contributed by atoms with Gasteiger partial charge >= 0.3 is 5.69 Å². The Kier molecular flexibility index (Phi) is 4.65. The third-order valence-corrected chi connectivity index (χ3v) is 4.07. The maximum Gasteiger partial charge on any atom is 0.325 e. The van der Waals surface area contributed by atoms with Crippen LogP contribution in [0.4, 0.5) is 0 Å². The highest BCUT2D eigenvalue weighted by molar-refractivity contribution is 5.76. The zero-order valence-electron chi connectivity index (χ0n) is 12.9. The van der Waals surface area contributed by atoms with E-state index in [9.17, 15) is 14.4 Å². The van der Waals surface area contributed by atoms with Crippen LogP contribution in [0.2, 0.25) is 0 Å². The van der Waals surface area contributed by atoms with E-state index < -0.39 is 11.2 Å². The molecule has 0 saturated carbocycles.